The molecule has 0 aromatic heterocycles. The van der Waals surface area contributed by atoms with Crippen LogP contribution < -0.4 is 4.74 Å². The molecule has 21 heavy (non-hydrogen) atoms. The topological polar surface area (TPSA) is 12.5 Å². The fourth-order valence-electron chi connectivity index (χ4n) is 3.87. The van der Waals surface area contributed by atoms with Crippen molar-refractivity contribution in [3.05, 3.63) is 29.8 Å². The number of rotatable bonds is 5. The average molecular weight is 308 g/mol. The van der Waals surface area contributed by atoms with Gasteiger partial charge in [0.1, 0.15) is 5.75 Å². The van der Waals surface area contributed by atoms with Crippen LogP contribution in [0.3, 0.4) is 0 Å². The molecule has 0 bridgehead atoms. The summed E-state index contributed by atoms with van der Waals surface area (Å²) >= 11 is 6.07. The van der Waals surface area contributed by atoms with Gasteiger partial charge in [0.25, 0.3) is 0 Å². The standard InChI is InChI=1S/C18H26ClNO/c19-11-12-20(16-6-2-1-3-7-16)14-15-10-13-21-18-9-5-4-8-17(15)18/h4-5,8-9,15-16H,1-3,6-7,10-14H2. The molecule has 1 heterocycles. The van der Waals surface area contributed by atoms with Gasteiger partial charge in [-0.25, -0.2) is 0 Å². The van der Waals surface area contributed by atoms with Crippen molar-refractivity contribution in [3.8, 4) is 5.75 Å². The zero-order chi connectivity index (χ0) is 14.5. The van der Waals surface area contributed by atoms with E-state index in [9.17, 15) is 0 Å². The zero-order valence-corrected chi connectivity index (χ0v) is 13.5. The van der Waals surface area contributed by atoms with Gasteiger partial charge in [-0.05, 0) is 30.9 Å². The van der Waals surface area contributed by atoms with Crippen molar-refractivity contribution >= 4 is 11.6 Å². The lowest BCUT2D eigenvalue weighted by atomic mass is 9.89. The van der Waals surface area contributed by atoms with Crippen LogP contribution in [0.15, 0.2) is 24.3 Å². The van der Waals surface area contributed by atoms with Crippen LogP contribution in [0, 0.1) is 0 Å². The minimum atomic E-state index is 0.597. The lowest BCUT2D eigenvalue weighted by Gasteiger charge is -2.37. The van der Waals surface area contributed by atoms with Crippen molar-refractivity contribution in [2.45, 2.75) is 50.5 Å². The third kappa shape index (κ3) is 3.73. The van der Waals surface area contributed by atoms with Gasteiger partial charge < -0.3 is 4.74 Å². The second kappa shape index (κ2) is 7.51. The van der Waals surface area contributed by atoms with Crippen molar-refractivity contribution in [1.29, 1.82) is 0 Å². The second-order valence-electron chi connectivity index (χ2n) is 6.35. The van der Waals surface area contributed by atoms with E-state index in [1.54, 1.807) is 0 Å². The highest BCUT2D eigenvalue weighted by Crippen LogP contribution is 2.35. The Labute approximate surface area is 133 Å². The van der Waals surface area contributed by atoms with Crippen LogP contribution in [0.25, 0.3) is 0 Å². The smallest absolute Gasteiger partial charge is 0.122 e. The molecule has 0 radical (unpaired) electrons. The first-order valence-electron chi connectivity index (χ1n) is 8.40. The molecule has 2 aliphatic rings. The predicted molar refractivity (Wildman–Crippen MR) is 88.5 cm³/mol. The van der Waals surface area contributed by atoms with Crippen molar-refractivity contribution < 1.29 is 4.74 Å². The van der Waals surface area contributed by atoms with Crippen LogP contribution in [0.4, 0.5) is 0 Å². The van der Waals surface area contributed by atoms with Crippen molar-refractivity contribution in [2.24, 2.45) is 0 Å². The molecule has 1 atom stereocenters. The first-order chi connectivity index (χ1) is 10.4. The van der Waals surface area contributed by atoms with E-state index in [1.165, 1.54) is 37.7 Å². The van der Waals surface area contributed by atoms with Crippen LogP contribution in [0.2, 0.25) is 0 Å². The van der Waals surface area contributed by atoms with Gasteiger partial charge in [-0.15, -0.1) is 11.6 Å². The SMILES string of the molecule is ClCCN(CC1CCOc2ccccc21)C1CCCCC1. The summed E-state index contributed by atoms with van der Waals surface area (Å²) in [4.78, 5) is 2.65. The largest absolute Gasteiger partial charge is 0.493 e. The molecule has 116 valence electrons. The number of halogens is 1. The number of alkyl halides is 1. The zero-order valence-electron chi connectivity index (χ0n) is 12.8. The van der Waals surface area contributed by atoms with Gasteiger partial charge in [-0.3, -0.25) is 4.90 Å². The van der Waals surface area contributed by atoms with Crippen LogP contribution >= 0.6 is 11.6 Å². The number of benzene rings is 1. The predicted octanol–water partition coefficient (Wildman–Crippen LogP) is 4.43. The molecule has 1 aromatic carbocycles. The summed E-state index contributed by atoms with van der Waals surface area (Å²) in [5.74, 6) is 2.42. The Bertz CT molecular complexity index is 445. The first kappa shape index (κ1) is 15.2. The number of para-hydroxylation sites is 1. The molecule has 1 unspecified atom stereocenters. The van der Waals surface area contributed by atoms with E-state index in [0.29, 0.717) is 5.92 Å². The molecule has 3 rings (SSSR count). The number of hydrogen-bond acceptors (Lipinski definition) is 2. The van der Waals surface area contributed by atoms with E-state index in [0.717, 1.165) is 43.8 Å². The van der Waals surface area contributed by atoms with E-state index in [2.05, 4.69) is 29.2 Å². The van der Waals surface area contributed by atoms with E-state index in [-0.39, 0.29) is 0 Å². The summed E-state index contributed by atoms with van der Waals surface area (Å²) in [5, 5.41) is 0. The maximum Gasteiger partial charge on any atom is 0.122 e. The lowest BCUT2D eigenvalue weighted by Crippen LogP contribution is -2.41. The molecule has 0 spiro atoms. The Morgan fingerprint density at radius 2 is 1.90 bits per heavy atom. The van der Waals surface area contributed by atoms with E-state index < -0.39 is 0 Å². The molecular formula is C18H26ClNO. The fraction of sp³-hybridized carbons (Fsp3) is 0.667. The number of ether oxygens (including phenoxy) is 1. The molecule has 0 N–H and O–H groups in total. The van der Waals surface area contributed by atoms with Gasteiger partial charge in [-0.2, -0.15) is 0 Å². The Hall–Kier alpha value is -0.730. The summed E-state index contributed by atoms with van der Waals surface area (Å²) in [7, 11) is 0. The van der Waals surface area contributed by atoms with Crippen molar-refractivity contribution in [3.63, 3.8) is 0 Å². The molecule has 0 saturated heterocycles. The molecule has 1 aliphatic carbocycles. The van der Waals surface area contributed by atoms with Crippen molar-refractivity contribution in [2.75, 3.05) is 25.6 Å². The summed E-state index contributed by atoms with van der Waals surface area (Å²) < 4.78 is 5.80. The Morgan fingerprint density at radius 1 is 1.10 bits per heavy atom. The molecule has 1 saturated carbocycles. The number of nitrogens with zero attached hydrogens (tertiary/aromatic N) is 1. The number of fused-ring (bicyclic) bond motifs is 1. The van der Waals surface area contributed by atoms with Crippen LogP contribution in [0.5, 0.6) is 5.75 Å². The number of hydrogen-bond donors (Lipinski definition) is 0. The fourth-order valence-corrected chi connectivity index (χ4v) is 4.08. The van der Waals surface area contributed by atoms with Gasteiger partial charge in [0, 0.05) is 30.9 Å². The molecule has 2 nitrogen and oxygen atoms in total. The van der Waals surface area contributed by atoms with Gasteiger partial charge in [0.2, 0.25) is 0 Å². The van der Waals surface area contributed by atoms with E-state index in [4.69, 9.17) is 16.3 Å². The maximum absolute atomic E-state index is 6.07. The highest BCUT2D eigenvalue weighted by molar-refractivity contribution is 6.18. The molecular weight excluding hydrogens is 282 g/mol. The minimum Gasteiger partial charge on any atom is -0.493 e. The van der Waals surface area contributed by atoms with E-state index >= 15 is 0 Å². The third-order valence-electron chi connectivity index (χ3n) is 5.00. The average Bonchev–Trinajstić information content (AvgIpc) is 2.55. The lowest BCUT2D eigenvalue weighted by molar-refractivity contribution is 0.142. The Balaban J connectivity index is 1.71. The summed E-state index contributed by atoms with van der Waals surface area (Å²) in [6, 6.07) is 9.28. The third-order valence-corrected chi connectivity index (χ3v) is 5.17. The molecule has 1 aromatic rings. The normalized spacial score (nSPS) is 22.9. The van der Waals surface area contributed by atoms with Gasteiger partial charge >= 0.3 is 0 Å². The van der Waals surface area contributed by atoms with Gasteiger partial charge in [0.05, 0.1) is 6.61 Å². The second-order valence-corrected chi connectivity index (χ2v) is 6.73. The summed E-state index contributed by atoms with van der Waals surface area (Å²) in [5.41, 5.74) is 1.39. The van der Waals surface area contributed by atoms with E-state index in [1.807, 2.05) is 0 Å². The Kier molecular flexibility index (Phi) is 5.43. The van der Waals surface area contributed by atoms with Crippen LogP contribution in [-0.4, -0.2) is 36.5 Å². The van der Waals surface area contributed by atoms with Gasteiger partial charge in [0.15, 0.2) is 0 Å². The minimum absolute atomic E-state index is 0.597. The maximum atomic E-state index is 6.07. The summed E-state index contributed by atoms with van der Waals surface area (Å²) in [6.07, 6.45) is 8.00. The monoisotopic (exact) mass is 307 g/mol. The van der Waals surface area contributed by atoms with Gasteiger partial charge in [-0.1, -0.05) is 37.5 Å². The van der Waals surface area contributed by atoms with Crippen molar-refractivity contribution in [1.82, 2.24) is 4.90 Å². The molecule has 1 fully saturated rings. The molecule has 0 amide bonds. The Morgan fingerprint density at radius 3 is 2.71 bits per heavy atom. The quantitative estimate of drug-likeness (QED) is 0.746. The van der Waals surface area contributed by atoms with Crippen LogP contribution in [-0.2, 0) is 0 Å². The highest BCUT2D eigenvalue weighted by atomic mass is 35.5. The summed E-state index contributed by atoms with van der Waals surface area (Å²) in [6.45, 7) is 3.00. The molecule has 1 aliphatic heterocycles. The molecule has 3 heteroatoms. The first-order valence-corrected chi connectivity index (χ1v) is 8.93. The highest BCUT2D eigenvalue weighted by Gasteiger charge is 2.27. The van der Waals surface area contributed by atoms with Crippen LogP contribution in [0.1, 0.15) is 50.0 Å².